The van der Waals surface area contributed by atoms with Gasteiger partial charge in [-0.1, -0.05) is 6.92 Å². The van der Waals surface area contributed by atoms with Crippen LogP contribution in [-0.4, -0.2) is 48.2 Å². The number of amides is 1. The predicted molar refractivity (Wildman–Crippen MR) is 54.4 cm³/mol. The summed E-state index contributed by atoms with van der Waals surface area (Å²) in [6, 6.07) is 0. The molecule has 0 aromatic carbocycles. The van der Waals surface area contributed by atoms with Crippen molar-refractivity contribution < 1.29 is 19.4 Å². The highest BCUT2D eigenvalue weighted by molar-refractivity contribution is 7.99. The highest BCUT2D eigenvalue weighted by atomic mass is 32.2. The van der Waals surface area contributed by atoms with Crippen LogP contribution in [0.1, 0.15) is 6.92 Å². The van der Waals surface area contributed by atoms with E-state index in [1.807, 2.05) is 13.2 Å². The maximum absolute atomic E-state index is 11.0. The molecule has 0 aliphatic heterocycles. The number of rotatable bonds is 7. The molecule has 14 heavy (non-hydrogen) atoms. The largest absolute Gasteiger partial charge is 0.480 e. The van der Waals surface area contributed by atoms with Crippen molar-refractivity contribution in [1.82, 2.24) is 5.32 Å². The third-order valence-electron chi connectivity index (χ3n) is 1.45. The summed E-state index contributed by atoms with van der Waals surface area (Å²) in [6.07, 6.45) is 1.96. The van der Waals surface area contributed by atoms with Gasteiger partial charge in [-0.05, 0) is 6.26 Å². The summed E-state index contributed by atoms with van der Waals surface area (Å²) in [7, 11) is 0. The van der Waals surface area contributed by atoms with Gasteiger partial charge in [0.25, 0.3) is 0 Å². The van der Waals surface area contributed by atoms with Gasteiger partial charge in [0, 0.05) is 11.8 Å². The molecule has 0 aromatic heterocycles. The van der Waals surface area contributed by atoms with Gasteiger partial charge in [0.05, 0.1) is 0 Å². The van der Waals surface area contributed by atoms with Crippen LogP contribution in [0, 0.1) is 0 Å². The van der Waals surface area contributed by atoms with Gasteiger partial charge < -0.3 is 15.2 Å². The molecule has 1 atom stereocenters. The molecule has 0 spiro atoms. The molecule has 0 fully saturated rings. The van der Waals surface area contributed by atoms with Crippen molar-refractivity contribution in [3.05, 3.63) is 0 Å². The summed E-state index contributed by atoms with van der Waals surface area (Å²) in [5, 5.41) is 11.2. The number of nitrogens with one attached hydrogen (secondary N) is 1. The van der Waals surface area contributed by atoms with E-state index in [0.29, 0.717) is 11.8 Å². The van der Waals surface area contributed by atoms with Gasteiger partial charge in [0.2, 0.25) is 5.91 Å². The first-order valence-electron chi connectivity index (χ1n) is 4.15. The quantitative estimate of drug-likeness (QED) is 0.630. The molecule has 0 heterocycles. The van der Waals surface area contributed by atoms with Crippen LogP contribution in [0.4, 0.5) is 0 Å². The van der Waals surface area contributed by atoms with Crippen LogP contribution in [0.5, 0.6) is 0 Å². The van der Waals surface area contributed by atoms with Crippen molar-refractivity contribution in [2.45, 2.75) is 12.2 Å². The Balaban J connectivity index is 3.41. The molecule has 5 nitrogen and oxygen atoms in total. The maximum Gasteiger partial charge on any atom is 0.329 e. The number of thioether (sulfide) groups is 1. The second-order valence-electron chi connectivity index (χ2n) is 2.74. The zero-order valence-electron chi connectivity index (χ0n) is 8.28. The van der Waals surface area contributed by atoms with Crippen molar-refractivity contribution in [1.29, 1.82) is 0 Å². The Morgan fingerprint density at radius 2 is 2.14 bits per heavy atom. The number of carbonyl (C=O) groups excluding carboxylic acids is 1. The minimum Gasteiger partial charge on any atom is -0.480 e. The van der Waals surface area contributed by atoms with Crippen LogP contribution in [0.25, 0.3) is 0 Å². The molecular weight excluding hydrogens is 206 g/mol. The van der Waals surface area contributed by atoms with E-state index in [1.54, 1.807) is 11.8 Å². The lowest BCUT2D eigenvalue weighted by atomic mass is 10.4. The van der Waals surface area contributed by atoms with Gasteiger partial charge >= 0.3 is 5.97 Å². The molecule has 6 heteroatoms. The summed E-state index contributed by atoms with van der Waals surface area (Å²) in [5.74, 6) is -1.36. The predicted octanol–water partition coefficient (Wildman–Crippen LogP) is -0.0447. The van der Waals surface area contributed by atoms with Gasteiger partial charge in [0.15, 0.2) is 0 Å². The number of carboxylic acid groups (broad SMARTS) is 1. The van der Waals surface area contributed by atoms with Gasteiger partial charge in [0.1, 0.15) is 13.2 Å². The molecule has 0 aliphatic rings. The topological polar surface area (TPSA) is 75.6 Å². The molecule has 0 radical (unpaired) electrons. The van der Waals surface area contributed by atoms with Gasteiger partial charge in [-0.25, -0.2) is 4.79 Å². The average molecular weight is 221 g/mol. The number of hydrogen-bond acceptors (Lipinski definition) is 4. The lowest BCUT2D eigenvalue weighted by Crippen LogP contribution is -2.32. The van der Waals surface area contributed by atoms with E-state index >= 15 is 0 Å². The molecule has 1 amide bonds. The van der Waals surface area contributed by atoms with Gasteiger partial charge in [-0.2, -0.15) is 11.8 Å². The van der Waals surface area contributed by atoms with E-state index in [0.717, 1.165) is 0 Å². The Labute approximate surface area is 87.2 Å². The molecule has 2 N–H and O–H groups in total. The van der Waals surface area contributed by atoms with Crippen molar-refractivity contribution in [3.63, 3.8) is 0 Å². The molecule has 82 valence electrons. The van der Waals surface area contributed by atoms with E-state index in [2.05, 4.69) is 10.1 Å². The molecule has 0 rings (SSSR count). The average Bonchev–Trinajstić information content (AvgIpc) is 2.13. The molecule has 0 aromatic rings. The second kappa shape index (κ2) is 7.64. The summed E-state index contributed by atoms with van der Waals surface area (Å²) in [4.78, 5) is 21.0. The highest BCUT2D eigenvalue weighted by Crippen LogP contribution is 2.01. The van der Waals surface area contributed by atoms with Crippen LogP contribution < -0.4 is 5.32 Å². The lowest BCUT2D eigenvalue weighted by molar-refractivity contribution is -0.143. The molecule has 0 saturated heterocycles. The number of hydrogen-bond donors (Lipinski definition) is 2. The third-order valence-corrected chi connectivity index (χ3v) is 2.42. The minimum absolute atomic E-state index is 0.201. The number of carboxylic acids is 1. The molecule has 0 aliphatic carbocycles. The first-order chi connectivity index (χ1) is 6.56. The third kappa shape index (κ3) is 7.88. The fourth-order valence-electron chi connectivity index (χ4n) is 0.623. The molecular formula is C8H15NO4S. The first kappa shape index (κ1) is 13.2. The Morgan fingerprint density at radius 1 is 1.50 bits per heavy atom. The van der Waals surface area contributed by atoms with Crippen molar-refractivity contribution in [3.8, 4) is 0 Å². The van der Waals surface area contributed by atoms with Crippen LogP contribution in [0.2, 0.25) is 0 Å². The monoisotopic (exact) mass is 221 g/mol. The van der Waals surface area contributed by atoms with E-state index in [4.69, 9.17) is 5.11 Å². The number of aliphatic carboxylic acids is 1. The van der Waals surface area contributed by atoms with Crippen molar-refractivity contribution in [2.24, 2.45) is 0 Å². The smallest absolute Gasteiger partial charge is 0.329 e. The Bertz CT molecular complexity index is 198. The van der Waals surface area contributed by atoms with E-state index in [1.165, 1.54) is 0 Å². The second-order valence-corrected chi connectivity index (χ2v) is 4.01. The molecule has 1 unspecified atom stereocenters. The van der Waals surface area contributed by atoms with E-state index < -0.39 is 12.6 Å². The summed E-state index contributed by atoms with van der Waals surface area (Å²) < 4.78 is 4.60. The number of ether oxygens (including phenoxy) is 1. The van der Waals surface area contributed by atoms with Crippen LogP contribution in [0.15, 0.2) is 0 Å². The van der Waals surface area contributed by atoms with E-state index in [9.17, 15) is 9.59 Å². The zero-order valence-corrected chi connectivity index (χ0v) is 9.10. The zero-order chi connectivity index (χ0) is 11.0. The van der Waals surface area contributed by atoms with Crippen molar-refractivity contribution >= 4 is 23.6 Å². The van der Waals surface area contributed by atoms with E-state index in [-0.39, 0.29) is 12.5 Å². The highest BCUT2D eigenvalue weighted by Gasteiger charge is 2.05. The minimum atomic E-state index is -1.07. The number of carbonyl (C=O) groups is 2. The summed E-state index contributed by atoms with van der Waals surface area (Å²) >= 11 is 1.65. The van der Waals surface area contributed by atoms with Crippen LogP contribution in [0.3, 0.4) is 0 Å². The fraction of sp³-hybridized carbons (Fsp3) is 0.750. The SMILES string of the molecule is CSC(C)CNC(=O)COCC(=O)O. The lowest BCUT2D eigenvalue weighted by Gasteiger charge is -2.09. The van der Waals surface area contributed by atoms with Crippen LogP contribution in [-0.2, 0) is 14.3 Å². The van der Waals surface area contributed by atoms with Crippen LogP contribution >= 0.6 is 11.8 Å². The summed E-state index contributed by atoms with van der Waals surface area (Å²) in [5.41, 5.74) is 0. The maximum atomic E-state index is 11.0. The van der Waals surface area contributed by atoms with Gasteiger partial charge in [-0.3, -0.25) is 4.79 Å². The Morgan fingerprint density at radius 3 is 2.64 bits per heavy atom. The van der Waals surface area contributed by atoms with Crippen molar-refractivity contribution in [2.75, 3.05) is 26.0 Å². The summed E-state index contributed by atoms with van der Waals surface area (Å²) in [6.45, 7) is 1.92. The molecule has 0 bridgehead atoms. The fourth-order valence-corrected chi connectivity index (χ4v) is 0.873. The van der Waals surface area contributed by atoms with Gasteiger partial charge in [-0.15, -0.1) is 0 Å². The first-order valence-corrected chi connectivity index (χ1v) is 5.44. The standard InChI is InChI=1S/C8H15NO4S/c1-6(14-2)3-9-7(10)4-13-5-8(11)12/h6H,3-5H2,1-2H3,(H,9,10)(H,11,12). The Kier molecular flexibility index (Phi) is 7.23. The molecule has 0 saturated carbocycles. The Hall–Kier alpha value is -0.750. The normalized spacial score (nSPS) is 12.1.